The van der Waals surface area contributed by atoms with Gasteiger partial charge in [0.2, 0.25) is 11.9 Å². The van der Waals surface area contributed by atoms with Crippen molar-refractivity contribution in [3.63, 3.8) is 0 Å². The van der Waals surface area contributed by atoms with Gasteiger partial charge in [-0.15, -0.1) is 0 Å². The quantitative estimate of drug-likeness (QED) is 0.883. The van der Waals surface area contributed by atoms with Gasteiger partial charge in [0.05, 0.1) is 0 Å². The predicted octanol–water partition coefficient (Wildman–Crippen LogP) is 2.69. The highest BCUT2D eigenvalue weighted by molar-refractivity contribution is 5.38. The zero-order valence-electron chi connectivity index (χ0n) is 12.3. The first kappa shape index (κ1) is 15.0. The van der Waals surface area contributed by atoms with E-state index in [-0.39, 0.29) is 11.8 Å². The van der Waals surface area contributed by atoms with E-state index in [9.17, 15) is 4.39 Å². The smallest absolute Gasteiger partial charge is 0.328 e. The van der Waals surface area contributed by atoms with Crippen molar-refractivity contribution in [1.29, 1.82) is 0 Å². The van der Waals surface area contributed by atoms with Crippen LogP contribution in [0, 0.1) is 5.82 Å². The number of para-hydroxylation sites is 1. The minimum Gasteiger partial charge on any atom is -0.421 e. The van der Waals surface area contributed by atoms with E-state index >= 15 is 0 Å². The van der Waals surface area contributed by atoms with Gasteiger partial charge in [-0.05, 0) is 18.6 Å². The van der Waals surface area contributed by atoms with E-state index in [0.29, 0.717) is 11.9 Å². The number of nitrogens with one attached hydrogen (secondary N) is 1. The van der Waals surface area contributed by atoms with Crippen LogP contribution in [0.15, 0.2) is 24.3 Å². The molecule has 1 N–H and O–H groups in total. The van der Waals surface area contributed by atoms with Gasteiger partial charge in [0.25, 0.3) is 0 Å². The van der Waals surface area contributed by atoms with Crippen LogP contribution in [0.1, 0.15) is 13.3 Å². The Morgan fingerprint density at radius 1 is 1.19 bits per heavy atom. The highest BCUT2D eigenvalue weighted by Crippen LogP contribution is 2.23. The van der Waals surface area contributed by atoms with Crippen LogP contribution in [0.2, 0.25) is 0 Å². The molecule has 0 amide bonds. The number of aromatic nitrogens is 3. The van der Waals surface area contributed by atoms with Crippen molar-refractivity contribution in [2.24, 2.45) is 0 Å². The molecule has 6 nitrogen and oxygen atoms in total. The fourth-order valence-corrected chi connectivity index (χ4v) is 1.53. The van der Waals surface area contributed by atoms with Gasteiger partial charge >= 0.3 is 6.01 Å². The lowest BCUT2D eigenvalue weighted by Gasteiger charge is -2.13. The number of anilines is 2. The molecule has 0 spiro atoms. The maximum Gasteiger partial charge on any atom is 0.328 e. The lowest BCUT2D eigenvalue weighted by atomic mass is 10.3. The van der Waals surface area contributed by atoms with Crippen molar-refractivity contribution < 1.29 is 9.13 Å². The van der Waals surface area contributed by atoms with Gasteiger partial charge in [-0.3, -0.25) is 0 Å². The standard InChI is InChI=1S/C14H18FN5O/c1-4-9-16-12-17-13(20(2)3)19-14(18-12)21-11-8-6-5-7-10(11)15/h5-8H,4,9H2,1-3H3,(H,16,17,18,19). The Kier molecular flexibility index (Phi) is 4.86. The Labute approximate surface area is 123 Å². The summed E-state index contributed by atoms with van der Waals surface area (Å²) in [7, 11) is 3.62. The third-order valence-corrected chi connectivity index (χ3v) is 2.57. The van der Waals surface area contributed by atoms with Crippen LogP contribution >= 0.6 is 0 Å². The number of rotatable bonds is 6. The molecule has 112 valence electrons. The van der Waals surface area contributed by atoms with E-state index < -0.39 is 5.82 Å². The summed E-state index contributed by atoms with van der Waals surface area (Å²) >= 11 is 0. The molecule has 21 heavy (non-hydrogen) atoms. The second-order valence-corrected chi connectivity index (χ2v) is 4.60. The highest BCUT2D eigenvalue weighted by Gasteiger charge is 2.11. The third-order valence-electron chi connectivity index (χ3n) is 2.57. The molecule has 0 aliphatic heterocycles. The molecule has 0 aliphatic rings. The Morgan fingerprint density at radius 3 is 2.62 bits per heavy atom. The molecule has 2 rings (SSSR count). The van der Waals surface area contributed by atoms with Crippen LogP contribution in [-0.4, -0.2) is 35.6 Å². The summed E-state index contributed by atoms with van der Waals surface area (Å²) in [5, 5.41) is 3.07. The topological polar surface area (TPSA) is 63.2 Å². The predicted molar refractivity (Wildman–Crippen MR) is 79.4 cm³/mol. The van der Waals surface area contributed by atoms with Gasteiger partial charge in [0.15, 0.2) is 11.6 Å². The summed E-state index contributed by atoms with van der Waals surface area (Å²) in [6, 6.07) is 6.17. The molecule has 1 aromatic heterocycles. The molecule has 0 saturated heterocycles. The number of halogens is 1. The van der Waals surface area contributed by atoms with E-state index in [4.69, 9.17) is 4.74 Å². The van der Waals surface area contributed by atoms with Crippen LogP contribution in [0.4, 0.5) is 16.3 Å². The first-order valence-corrected chi connectivity index (χ1v) is 6.69. The van der Waals surface area contributed by atoms with Crippen molar-refractivity contribution in [2.75, 3.05) is 30.9 Å². The van der Waals surface area contributed by atoms with Gasteiger partial charge in [0.1, 0.15) is 0 Å². The average Bonchev–Trinajstić information content (AvgIpc) is 2.47. The molecule has 0 atom stereocenters. The number of nitrogens with zero attached hydrogens (tertiary/aromatic N) is 4. The Morgan fingerprint density at radius 2 is 1.95 bits per heavy atom. The molecular weight excluding hydrogens is 273 g/mol. The van der Waals surface area contributed by atoms with Gasteiger partial charge in [-0.1, -0.05) is 19.1 Å². The SMILES string of the molecule is CCCNc1nc(Oc2ccccc2F)nc(N(C)C)n1. The molecular formula is C14H18FN5O. The zero-order chi connectivity index (χ0) is 15.2. The maximum absolute atomic E-state index is 13.6. The van der Waals surface area contributed by atoms with E-state index in [2.05, 4.69) is 20.3 Å². The number of hydrogen-bond donors (Lipinski definition) is 1. The van der Waals surface area contributed by atoms with Crippen molar-refractivity contribution in [1.82, 2.24) is 15.0 Å². The molecule has 2 aromatic rings. The normalized spacial score (nSPS) is 10.3. The van der Waals surface area contributed by atoms with E-state index in [0.717, 1.165) is 13.0 Å². The first-order chi connectivity index (χ1) is 10.1. The highest BCUT2D eigenvalue weighted by atomic mass is 19.1. The van der Waals surface area contributed by atoms with Crippen molar-refractivity contribution in [2.45, 2.75) is 13.3 Å². The lowest BCUT2D eigenvalue weighted by Crippen LogP contribution is -2.16. The summed E-state index contributed by atoms with van der Waals surface area (Å²) < 4.78 is 19.0. The molecule has 0 bridgehead atoms. The summed E-state index contributed by atoms with van der Waals surface area (Å²) in [6.45, 7) is 2.77. The zero-order valence-corrected chi connectivity index (χ0v) is 12.3. The van der Waals surface area contributed by atoms with Crippen molar-refractivity contribution in [3.8, 4) is 11.8 Å². The fraction of sp³-hybridized carbons (Fsp3) is 0.357. The first-order valence-electron chi connectivity index (χ1n) is 6.69. The third kappa shape index (κ3) is 4.01. The maximum atomic E-state index is 13.6. The van der Waals surface area contributed by atoms with E-state index in [1.807, 2.05) is 21.0 Å². The Balaban J connectivity index is 2.29. The van der Waals surface area contributed by atoms with E-state index in [1.54, 1.807) is 17.0 Å². The molecule has 1 aromatic carbocycles. The second-order valence-electron chi connectivity index (χ2n) is 4.60. The number of ether oxygens (including phenoxy) is 1. The van der Waals surface area contributed by atoms with Crippen molar-refractivity contribution in [3.05, 3.63) is 30.1 Å². The van der Waals surface area contributed by atoms with Crippen LogP contribution in [-0.2, 0) is 0 Å². The summed E-state index contributed by atoms with van der Waals surface area (Å²) in [6.07, 6.45) is 0.937. The van der Waals surface area contributed by atoms with Crippen LogP contribution < -0.4 is 15.0 Å². The summed E-state index contributed by atoms with van der Waals surface area (Å²) in [5.74, 6) is 0.457. The van der Waals surface area contributed by atoms with E-state index in [1.165, 1.54) is 12.1 Å². The summed E-state index contributed by atoms with van der Waals surface area (Å²) in [5.41, 5.74) is 0. The van der Waals surface area contributed by atoms with Crippen molar-refractivity contribution >= 4 is 11.9 Å². The Bertz CT molecular complexity index is 606. The summed E-state index contributed by atoms with van der Waals surface area (Å²) in [4.78, 5) is 14.3. The minimum atomic E-state index is -0.465. The molecule has 0 aliphatic carbocycles. The molecule has 0 unspecified atom stereocenters. The van der Waals surface area contributed by atoms with Gasteiger partial charge in [-0.2, -0.15) is 15.0 Å². The Hall–Kier alpha value is -2.44. The second kappa shape index (κ2) is 6.83. The molecule has 0 saturated carbocycles. The largest absolute Gasteiger partial charge is 0.421 e. The molecule has 0 radical (unpaired) electrons. The molecule has 7 heteroatoms. The number of benzene rings is 1. The molecule has 0 fully saturated rings. The lowest BCUT2D eigenvalue weighted by molar-refractivity contribution is 0.410. The average molecular weight is 291 g/mol. The van der Waals surface area contributed by atoms with Gasteiger partial charge < -0.3 is 15.0 Å². The monoisotopic (exact) mass is 291 g/mol. The fourth-order valence-electron chi connectivity index (χ4n) is 1.53. The minimum absolute atomic E-state index is 0.0532. The van der Waals surface area contributed by atoms with Gasteiger partial charge in [-0.25, -0.2) is 4.39 Å². The van der Waals surface area contributed by atoms with Crippen LogP contribution in [0.5, 0.6) is 11.8 Å². The van der Waals surface area contributed by atoms with Gasteiger partial charge in [0, 0.05) is 20.6 Å². The molecule has 1 heterocycles. The van der Waals surface area contributed by atoms with Crippen LogP contribution in [0.3, 0.4) is 0 Å². The van der Waals surface area contributed by atoms with Crippen LogP contribution in [0.25, 0.3) is 0 Å². The number of hydrogen-bond acceptors (Lipinski definition) is 6.